The van der Waals surface area contributed by atoms with Crippen molar-refractivity contribution in [2.24, 2.45) is 0 Å². The molecular weight excluding hydrogens is 306 g/mol. The van der Waals surface area contributed by atoms with Gasteiger partial charge in [0.1, 0.15) is 0 Å². The second-order valence-corrected chi connectivity index (χ2v) is 3.42. The van der Waals surface area contributed by atoms with E-state index in [-0.39, 0.29) is 0 Å². The van der Waals surface area contributed by atoms with Gasteiger partial charge >= 0.3 is 29.6 Å². The number of hydrogen-bond acceptors (Lipinski definition) is 0. The van der Waals surface area contributed by atoms with E-state index >= 15 is 0 Å². The molecule has 0 rings (SSSR count). The van der Waals surface area contributed by atoms with E-state index in [1.54, 1.807) is 0 Å². The summed E-state index contributed by atoms with van der Waals surface area (Å²) in [7, 11) is 0. The van der Waals surface area contributed by atoms with Crippen molar-refractivity contribution in [3.63, 3.8) is 0 Å². The minimum absolute atomic E-state index is 3.24. The highest BCUT2D eigenvalue weighted by atomic mass is 19.4. The second-order valence-electron chi connectivity index (χ2n) is 3.42. The van der Waals surface area contributed by atoms with Crippen LogP contribution in [0.4, 0.5) is 43.9 Å². The van der Waals surface area contributed by atoms with Gasteiger partial charge in [-0.3, -0.25) is 0 Å². The monoisotopic (exact) mass is 310 g/mol. The van der Waals surface area contributed by atoms with E-state index in [4.69, 9.17) is 0 Å². The quantitative estimate of drug-likeness (QED) is 0.677. The van der Waals surface area contributed by atoms with E-state index < -0.39 is 42.8 Å². The summed E-state index contributed by atoms with van der Waals surface area (Å²) in [6.07, 6.45) is 0. The van der Waals surface area contributed by atoms with Crippen LogP contribution >= 0.6 is 0 Å². The molecule has 0 aliphatic carbocycles. The van der Waals surface area contributed by atoms with Crippen LogP contribution in [0.25, 0.3) is 0 Å². The molecule has 0 aromatic rings. The molecule has 0 atom stereocenters. The average molecular weight is 310 g/mol. The molecule has 2 nitrogen and oxygen atoms in total. The first-order valence-electron chi connectivity index (χ1n) is 4.17. The van der Waals surface area contributed by atoms with Crippen molar-refractivity contribution in [2.45, 2.75) is 29.6 Å². The SMILES string of the molecule is [O]CC(F)(F)C(F)(F)C(F)(F)C(F)(F)C(F)(F)C[O]. The third kappa shape index (κ3) is 2.35. The van der Waals surface area contributed by atoms with E-state index in [0.29, 0.717) is 0 Å². The molecule has 19 heavy (non-hydrogen) atoms. The molecule has 0 bridgehead atoms. The Morgan fingerprint density at radius 3 is 0.842 bits per heavy atom. The van der Waals surface area contributed by atoms with Crippen LogP contribution in [0.3, 0.4) is 0 Å². The van der Waals surface area contributed by atoms with Crippen LogP contribution in [0.5, 0.6) is 0 Å². The second kappa shape index (κ2) is 4.65. The van der Waals surface area contributed by atoms with Gasteiger partial charge < -0.3 is 0 Å². The largest absolute Gasteiger partial charge is 0.384 e. The lowest BCUT2D eigenvalue weighted by Crippen LogP contribution is -2.68. The number of halogens is 10. The first-order chi connectivity index (χ1) is 8.12. The van der Waals surface area contributed by atoms with Crippen molar-refractivity contribution in [1.29, 1.82) is 0 Å². The summed E-state index contributed by atoms with van der Waals surface area (Å²) in [6, 6.07) is 0. The summed E-state index contributed by atoms with van der Waals surface area (Å²) in [5.74, 6) is -33.9. The third-order valence-electron chi connectivity index (χ3n) is 2.07. The number of hydrogen-bond donors (Lipinski definition) is 0. The molecule has 0 saturated carbocycles. The van der Waals surface area contributed by atoms with Crippen molar-refractivity contribution in [3.05, 3.63) is 0 Å². The summed E-state index contributed by atoms with van der Waals surface area (Å²) in [4.78, 5) is 0. The zero-order chi connectivity index (χ0) is 15.9. The van der Waals surface area contributed by atoms with Crippen LogP contribution < -0.4 is 0 Å². The van der Waals surface area contributed by atoms with Crippen molar-refractivity contribution in [2.75, 3.05) is 13.2 Å². The van der Waals surface area contributed by atoms with Gasteiger partial charge in [-0.15, -0.1) is 0 Å². The molecule has 0 unspecified atom stereocenters. The summed E-state index contributed by atoms with van der Waals surface area (Å²) in [5.41, 5.74) is 0. The molecule has 0 aromatic carbocycles. The van der Waals surface area contributed by atoms with Gasteiger partial charge in [-0.25, -0.2) is 10.2 Å². The fourth-order valence-corrected chi connectivity index (χ4v) is 0.838. The van der Waals surface area contributed by atoms with Crippen LogP contribution in [-0.4, -0.2) is 42.8 Å². The molecule has 0 saturated heterocycles. The van der Waals surface area contributed by atoms with Crippen LogP contribution in [0.2, 0.25) is 0 Å². The van der Waals surface area contributed by atoms with Gasteiger partial charge in [0.05, 0.1) is 0 Å². The highest BCUT2D eigenvalue weighted by Gasteiger charge is 2.86. The zero-order valence-corrected chi connectivity index (χ0v) is 8.51. The van der Waals surface area contributed by atoms with E-state index in [0.717, 1.165) is 0 Å². The minimum Gasteiger partial charge on any atom is -0.230 e. The van der Waals surface area contributed by atoms with Crippen molar-refractivity contribution >= 4 is 0 Å². The number of alkyl halides is 10. The molecule has 0 N–H and O–H groups in total. The Morgan fingerprint density at radius 1 is 0.474 bits per heavy atom. The van der Waals surface area contributed by atoms with Gasteiger partial charge in [0.25, 0.3) is 0 Å². The Labute approximate surface area is 98.2 Å². The summed E-state index contributed by atoms with van der Waals surface area (Å²) in [6.45, 7) is -6.48. The first-order valence-corrected chi connectivity index (χ1v) is 4.17. The van der Waals surface area contributed by atoms with Crippen LogP contribution in [0, 0.1) is 0 Å². The van der Waals surface area contributed by atoms with Crippen LogP contribution in [0.1, 0.15) is 0 Å². The van der Waals surface area contributed by atoms with Gasteiger partial charge in [-0.05, 0) is 0 Å². The Balaban J connectivity index is 5.86. The lowest BCUT2D eigenvalue weighted by molar-refractivity contribution is -0.408. The van der Waals surface area contributed by atoms with Gasteiger partial charge in [-0.1, -0.05) is 0 Å². The van der Waals surface area contributed by atoms with Crippen molar-refractivity contribution in [1.82, 2.24) is 0 Å². The van der Waals surface area contributed by atoms with Crippen LogP contribution in [0.15, 0.2) is 0 Å². The minimum atomic E-state index is -7.30. The fraction of sp³-hybridized carbons (Fsp3) is 1.00. The molecule has 114 valence electrons. The molecular formula is C7H4F10O2. The highest BCUT2D eigenvalue weighted by molar-refractivity contribution is 5.08. The molecule has 0 aromatic heterocycles. The van der Waals surface area contributed by atoms with Crippen LogP contribution in [-0.2, 0) is 10.2 Å². The van der Waals surface area contributed by atoms with Gasteiger partial charge in [-0.2, -0.15) is 43.9 Å². The highest BCUT2D eigenvalue weighted by Crippen LogP contribution is 2.56. The standard InChI is InChI=1S/C7H4F10O2/c8-3(9,1-18)5(12,13)7(16,17)6(14,15)4(10,11)2-19/h1-2H2. The molecule has 0 fully saturated rings. The lowest BCUT2D eigenvalue weighted by Gasteiger charge is -2.38. The Hall–Kier alpha value is -0.780. The van der Waals surface area contributed by atoms with Crippen molar-refractivity contribution in [3.8, 4) is 0 Å². The third-order valence-corrected chi connectivity index (χ3v) is 2.07. The predicted molar refractivity (Wildman–Crippen MR) is 35.8 cm³/mol. The summed E-state index contributed by atoms with van der Waals surface area (Å²) < 4.78 is 124. The normalized spacial score (nSPS) is 15.8. The molecule has 0 heterocycles. The fourth-order valence-electron chi connectivity index (χ4n) is 0.838. The molecule has 0 aliphatic heterocycles. The van der Waals surface area contributed by atoms with Gasteiger partial charge in [0.15, 0.2) is 13.2 Å². The summed E-state index contributed by atoms with van der Waals surface area (Å²) in [5, 5.41) is 19.3. The molecule has 0 spiro atoms. The smallest absolute Gasteiger partial charge is 0.230 e. The lowest BCUT2D eigenvalue weighted by atomic mass is 9.95. The average Bonchev–Trinajstić information content (AvgIpc) is 2.27. The maximum Gasteiger partial charge on any atom is 0.384 e. The predicted octanol–water partition coefficient (Wildman–Crippen LogP) is 3.02. The maximum absolute atomic E-state index is 12.6. The molecule has 0 aliphatic rings. The van der Waals surface area contributed by atoms with E-state index in [1.165, 1.54) is 0 Å². The summed E-state index contributed by atoms with van der Waals surface area (Å²) >= 11 is 0. The number of rotatable bonds is 6. The molecule has 12 heteroatoms. The van der Waals surface area contributed by atoms with Gasteiger partial charge in [0, 0.05) is 0 Å². The maximum atomic E-state index is 12.6. The van der Waals surface area contributed by atoms with E-state index in [1.807, 2.05) is 0 Å². The van der Waals surface area contributed by atoms with E-state index in [2.05, 4.69) is 0 Å². The molecule has 0 amide bonds. The molecule has 2 radical (unpaired) electrons. The van der Waals surface area contributed by atoms with Crippen molar-refractivity contribution < 1.29 is 54.1 Å². The Kier molecular flexibility index (Phi) is 4.46. The Bertz CT molecular complexity index is 296. The van der Waals surface area contributed by atoms with E-state index in [9.17, 15) is 54.1 Å². The Morgan fingerprint density at radius 2 is 0.684 bits per heavy atom. The zero-order valence-electron chi connectivity index (χ0n) is 8.51. The topological polar surface area (TPSA) is 39.8 Å². The first kappa shape index (κ1) is 18.2. The van der Waals surface area contributed by atoms with Gasteiger partial charge in [0.2, 0.25) is 0 Å².